The Bertz CT molecular complexity index is 1050. The summed E-state index contributed by atoms with van der Waals surface area (Å²) < 4.78 is 5.02. The molecule has 1 N–H and O–H groups in total. The Hall–Kier alpha value is -3.55. The molecular weight excluding hydrogens is 418 g/mol. The van der Waals surface area contributed by atoms with E-state index >= 15 is 0 Å². The van der Waals surface area contributed by atoms with E-state index in [1.54, 1.807) is 4.90 Å². The highest BCUT2D eigenvalue weighted by molar-refractivity contribution is 5.85. The largest absolute Gasteiger partial charge is 0.467 e. The van der Waals surface area contributed by atoms with Gasteiger partial charge in [0.05, 0.1) is 7.11 Å². The van der Waals surface area contributed by atoms with Crippen molar-refractivity contribution < 1.29 is 14.3 Å². The molecule has 1 aromatic heterocycles. The zero-order chi connectivity index (χ0) is 23.8. The first kappa shape index (κ1) is 24.1. The maximum absolute atomic E-state index is 13.0. The number of nitrogens with one attached hydrogen (secondary N) is 1. The normalized spacial score (nSPS) is 11.9. The van der Waals surface area contributed by atoms with E-state index in [0.29, 0.717) is 18.8 Å². The maximum Gasteiger partial charge on any atom is 0.328 e. The number of tetrazole rings is 1. The number of aromatic amines is 1. The van der Waals surface area contributed by atoms with Gasteiger partial charge in [-0.05, 0) is 39.5 Å². The average molecular weight is 450 g/mol. The number of ether oxygens (including phenoxy) is 1. The highest BCUT2D eigenvalue weighted by atomic mass is 16.5. The molecule has 0 aliphatic carbocycles. The second kappa shape index (κ2) is 11.4. The van der Waals surface area contributed by atoms with Crippen LogP contribution in [0.5, 0.6) is 0 Å². The summed E-state index contributed by atoms with van der Waals surface area (Å²) in [7, 11) is 1.36. The third kappa shape index (κ3) is 5.83. The van der Waals surface area contributed by atoms with E-state index in [0.717, 1.165) is 35.1 Å². The molecule has 33 heavy (non-hydrogen) atoms. The van der Waals surface area contributed by atoms with Gasteiger partial charge < -0.3 is 9.64 Å². The number of nitrogens with zero attached hydrogens (tertiary/aromatic N) is 4. The fourth-order valence-corrected chi connectivity index (χ4v) is 3.89. The minimum Gasteiger partial charge on any atom is -0.467 e. The number of esters is 1. The zero-order valence-corrected chi connectivity index (χ0v) is 19.6. The van der Waals surface area contributed by atoms with Crippen molar-refractivity contribution in [3.63, 3.8) is 0 Å². The van der Waals surface area contributed by atoms with E-state index in [1.165, 1.54) is 7.11 Å². The summed E-state index contributed by atoms with van der Waals surface area (Å²) in [5, 5.41) is 14.2. The van der Waals surface area contributed by atoms with Crippen LogP contribution in [0.1, 0.15) is 45.6 Å². The number of carbonyl (C=O) groups excluding carboxylic acids is 2. The van der Waals surface area contributed by atoms with Crippen molar-refractivity contribution in [3.8, 4) is 22.5 Å². The molecule has 8 nitrogen and oxygen atoms in total. The van der Waals surface area contributed by atoms with Crippen LogP contribution in [0.25, 0.3) is 22.5 Å². The monoisotopic (exact) mass is 449 g/mol. The molecule has 1 unspecified atom stereocenters. The number of unbranched alkanes of at least 4 members (excludes halogenated alkanes) is 1. The lowest BCUT2D eigenvalue weighted by molar-refractivity contribution is -0.155. The Labute approximate surface area is 194 Å². The Morgan fingerprint density at radius 1 is 1.06 bits per heavy atom. The molecule has 174 valence electrons. The van der Waals surface area contributed by atoms with E-state index in [2.05, 4.69) is 20.6 Å². The number of carbonyl (C=O) groups is 2. The van der Waals surface area contributed by atoms with E-state index in [-0.39, 0.29) is 17.8 Å². The van der Waals surface area contributed by atoms with Gasteiger partial charge in [-0.3, -0.25) is 4.79 Å². The lowest BCUT2D eigenvalue weighted by Crippen LogP contribution is -2.48. The number of aromatic nitrogens is 4. The summed E-state index contributed by atoms with van der Waals surface area (Å²) in [6, 6.07) is 15.2. The molecule has 0 aliphatic heterocycles. The standard InChI is InChI=1S/C25H31N5O3/c1-5-6-11-22(31)30(23(17(2)3)25(32)33-4)16-18-12-14-19(15-13-18)20-9-7-8-10-21(20)24-26-28-29-27-24/h7-10,12-15,17,23H,5-6,11,16H2,1-4H3,(H,26,27,28,29). The maximum atomic E-state index is 13.0. The van der Waals surface area contributed by atoms with Crippen LogP contribution in [0, 0.1) is 5.92 Å². The van der Waals surface area contributed by atoms with Crippen molar-refractivity contribution in [1.29, 1.82) is 0 Å². The molecule has 1 amide bonds. The number of hydrogen-bond acceptors (Lipinski definition) is 6. The van der Waals surface area contributed by atoms with Crippen LogP contribution in [0.2, 0.25) is 0 Å². The Kier molecular flexibility index (Phi) is 8.29. The second-order valence-corrected chi connectivity index (χ2v) is 8.33. The minimum absolute atomic E-state index is 0.0341. The van der Waals surface area contributed by atoms with Gasteiger partial charge in [-0.25, -0.2) is 9.89 Å². The van der Waals surface area contributed by atoms with Gasteiger partial charge in [0.2, 0.25) is 5.91 Å². The van der Waals surface area contributed by atoms with Gasteiger partial charge in [0.25, 0.3) is 0 Å². The topological polar surface area (TPSA) is 101 Å². The average Bonchev–Trinajstić information content (AvgIpc) is 3.37. The summed E-state index contributed by atoms with van der Waals surface area (Å²) in [6.45, 7) is 6.25. The molecule has 0 aliphatic rings. The van der Waals surface area contributed by atoms with E-state index in [4.69, 9.17) is 4.74 Å². The summed E-state index contributed by atoms with van der Waals surface area (Å²) in [5.41, 5.74) is 3.84. The predicted molar refractivity (Wildman–Crippen MR) is 126 cm³/mol. The van der Waals surface area contributed by atoms with Crippen LogP contribution in [-0.2, 0) is 20.9 Å². The van der Waals surface area contributed by atoms with Crippen molar-refractivity contribution in [2.75, 3.05) is 7.11 Å². The van der Waals surface area contributed by atoms with Crippen molar-refractivity contribution in [2.24, 2.45) is 5.92 Å². The molecule has 0 radical (unpaired) electrons. The molecule has 0 fully saturated rings. The van der Waals surface area contributed by atoms with E-state index in [1.807, 2.05) is 69.3 Å². The molecule has 2 aromatic carbocycles. The third-order valence-corrected chi connectivity index (χ3v) is 5.62. The van der Waals surface area contributed by atoms with Gasteiger partial charge in [0, 0.05) is 18.5 Å². The fourth-order valence-electron chi connectivity index (χ4n) is 3.89. The molecular formula is C25H31N5O3. The molecule has 0 saturated heterocycles. The van der Waals surface area contributed by atoms with Crippen LogP contribution in [0.3, 0.4) is 0 Å². The van der Waals surface area contributed by atoms with E-state index in [9.17, 15) is 9.59 Å². The number of rotatable bonds is 10. The first-order chi connectivity index (χ1) is 16.0. The number of methoxy groups -OCH3 is 1. The van der Waals surface area contributed by atoms with Gasteiger partial charge in [-0.2, -0.15) is 0 Å². The molecule has 8 heteroatoms. The first-order valence-electron chi connectivity index (χ1n) is 11.3. The van der Waals surface area contributed by atoms with Crippen LogP contribution in [0.15, 0.2) is 48.5 Å². The van der Waals surface area contributed by atoms with Gasteiger partial charge in [-0.15, -0.1) is 5.10 Å². The van der Waals surface area contributed by atoms with Gasteiger partial charge in [0.1, 0.15) is 6.04 Å². The van der Waals surface area contributed by atoms with Gasteiger partial charge >= 0.3 is 5.97 Å². The van der Waals surface area contributed by atoms with Crippen LogP contribution in [-0.4, -0.2) is 50.6 Å². The summed E-state index contributed by atoms with van der Waals surface area (Å²) in [5.74, 6) is 0.110. The van der Waals surface area contributed by atoms with Gasteiger partial charge in [0.15, 0.2) is 5.82 Å². The molecule has 0 spiro atoms. The summed E-state index contributed by atoms with van der Waals surface area (Å²) >= 11 is 0. The molecule has 0 saturated carbocycles. The highest BCUT2D eigenvalue weighted by Gasteiger charge is 2.33. The van der Waals surface area contributed by atoms with Crippen LogP contribution in [0.4, 0.5) is 0 Å². The second-order valence-electron chi connectivity index (χ2n) is 8.33. The predicted octanol–water partition coefficient (Wildman–Crippen LogP) is 4.25. The number of H-pyrrole nitrogens is 1. The molecule has 0 bridgehead atoms. The third-order valence-electron chi connectivity index (χ3n) is 5.62. The molecule has 3 aromatic rings. The smallest absolute Gasteiger partial charge is 0.328 e. The lowest BCUT2D eigenvalue weighted by atomic mass is 9.97. The number of benzene rings is 2. The Morgan fingerprint density at radius 2 is 1.76 bits per heavy atom. The van der Waals surface area contributed by atoms with Crippen molar-refractivity contribution in [3.05, 3.63) is 54.1 Å². The minimum atomic E-state index is -0.626. The summed E-state index contributed by atoms with van der Waals surface area (Å²) in [4.78, 5) is 27.2. The Balaban J connectivity index is 1.88. The van der Waals surface area contributed by atoms with Crippen LogP contribution >= 0.6 is 0 Å². The zero-order valence-electron chi connectivity index (χ0n) is 19.6. The summed E-state index contributed by atoms with van der Waals surface area (Å²) in [6.07, 6.45) is 2.11. The van der Waals surface area contributed by atoms with Gasteiger partial charge in [-0.1, -0.05) is 75.7 Å². The SMILES string of the molecule is CCCCC(=O)N(Cc1ccc(-c2ccccc2-c2nnn[nH]2)cc1)C(C(=O)OC)C(C)C. The van der Waals surface area contributed by atoms with Crippen molar-refractivity contribution >= 4 is 11.9 Å². The highest BCUT2D eigenvalue weighted by Crippen LogP contribution is 2.30. The molecule has 1 atom stereocenters. The molecule has 1 heterocycles. The quantitative estimate of drug-likeness (QED) is 0.464. The van der Waals surface area contributed by atoms with Crippen molar-refractivity contribution in [1.82, 2.24) is 25.5 Å². The van der Waals surface area contributed by atoms with Crippen molar-refractivity contribution in [2.45, 2.75) is 52.6 Å². The Morgan fingerprint density at radius 3 is 2.33 bits per heavy atom. The van der Waals surface area contributed by atoms with E-state index < -0.39 is 6.04 Å². The lowest BCUT2D eigenvalue weighted by Gasteiger charge is -2.32. The number of amides is 1. The molecule has 3 rings (SSSR count). The number of hydrogen-bond donors (Lipinski definition) is 1. The van der Waals surface area contributed by atoms with Crippen LogP contribution < -0.4 is 0 Å². The first-order valence-corrected chi connectivity index (χ1v) is 11.3. The fraction of sp³-hybridized carbons (Fsp3) is 0.400.